The van der Waals surface area contributed by atoms with Gasteiger partial charge < -0.3 is 5.11 Å². The number of sulfonamides is 1. The first kappa shape index (κ1) is 16.0. The molecule has 0 unspecified atom stereocenters. The second kappa shape index (κ2) is 4.79. The van der Waals surface area contributed by atoms with Crippen LogP contribution in [0.4, 0.5) is 0 Å². The van der Waals surface area contributed by atoms with Crippen molar-refractivity contribution in [2.75, 3.05) is 0 Å². The summed E-state index contributed by atoms with van der Waals surface area (Å²) in [5.74, 6) is 0.618. The average molecular weight is 323 g/mol. The van der Waals surface area contributed by atoms with E-state index in [1.54, 1.807) is 31.2 Å². The summed E-state index contributed by atoms with van der Waals surface area (Å²) in [6.07, 6.45) is 1.68. The van der Waals surface area contributed by atoms with Gasteiger partial charge in [0.25, 0.3) is 0 Å². The average Bonchev–Trinajstić information content (AvgIpc) is 2.40. The van der Waals surface area contributed by atoms with Crippen molar-refractivity contribution < 1.29 is 13.5 Å². The number of aliphatic hydroxyl groups is 1. The van der Waals surface area contributed by atoms with Crippen LogP contribution in [-0.2, 0) is 10.0 Å². The van der Waals surface area contributed by atoms with Crippen LogP contribution in [0.2, 0.25) is 0 Å². The van der Waals surface area contributed by atoms with Crippen LogP contribution in [0.25, 0.3) is 0 Å². The zero-order valence-electron chi connectivity index (χ0n) is 13.6. The van der Waals surface area contributed by atoms with Gasteiger partial charge in [-0.05, 0) is 56.1 Å². The number of fused-ring (bicyclic) bond motifs is 2. The summed E-state index contributed by atoms with van der Waals surface area (Å²) < 4.78 is 27.9. The van der Waals surface area contributed by atoms with E-state index in [4.69, 9.17) is 0 Å². The predicted molar refractivity (Wildman–Crippen MR) is 85.9 cm³/mol. The molecule has 0 saturated heterocycles. The molecule has 3 aliphatic rings. The van der Waals surface area contributed by atoms with Crippen LogP contribution in [0.5, 0.6) is 0 Å². The number of nitrogens with one attached hydrogen (secondary N) is 1. The van der Waals surface area contributed by atoms with Crippen molar-refractivity contribution in [1.29, 1.82) is 0 Å². The summed E-state index contributed by atoms with van der Waals surface area (Å²) in [6, 6.07) is 6.37. The second-order valence-electron chi connectivity index (χ2n) is 7.76. The largest absolute Gasteiger partial charge is 0.388 e. The van der Waals surface area contributed by atoms with E-state index in [1.807, 2.05) is 6.92 Å². The molecule has 2 bridgehead atoms. The minimum atomic E-state index is -3.60. The van der Waals surface area contributed by atoms with Crippen molar-refractivity contribution in [3.8, 4) is 0 Å². The molecule has 0 radical (unpaired) electrons. The van der Waals surface area contributed by atoms with Gasteiger partial charge >= 0.3 is 0 Å². The third kappa shape index (κ3) is 2.30. The summed E-state index contributed by atoms with van der Waals surface area (Å²) in [4.78, 5) is 0.257. The molecule has 122 valence electrons. The standard InChI is InChI=1S/C17H25NO3S/c1-11-5-7-13(8-6-11)22(20,21)18-15-10-12-9-14(16(12,2)3)17(15,4)19/h5-8,12,14-15,18-19H,9-10H2,1-4H3/t12-,14-,15+,17-/m0/s1. The Morgan fingerprint density at radius 1 is 1.14 bits per heavy atom. The van der Waals surface area contributed by atoms with Gasteiger partial charge in [0.1, 0.15) is 0 Å². The lowest BCUT2D eigenvalue weighted by molar-refractivity contribution is -0.205. The highest BCUT2D eigenvalue weighted by molar-refractivity contribution is 7.89. The van der Waals surface area contributed by atoms with Gasteiger partial charge in [0.2, 0.25) is 10.0 Å². The minimum absolute atomic E-state index is 0.0926. The molecule has 22 heavy (non-hydrogen) atoms. The lowest BCUT2D eigenvalue weighted by Gasteiger charge is -2.65. The van der Waals surface area contributed by atoms with E-state index in [-0.39, 0.29) is 16.2 Å². The minimum Gasteiger partial charge on any atom is -0.388 e. The third-order valence-corrected chi connectivity index (χ3v) is 7.52. The van der Waals surface area contributed by atoms with Crippen LogP contribution in [0.3, 0.4) is 0 Å². The Kier molecular flexibility index (Phi) is 3.48. The van der Waals surface area contributed by atoms with Crippen LogP contribution in [0, 0.1) is 24.2 Å². The maximum atomic E-state index is 12.6. The van der Waals surface area contributed by atoms with Crippen molar-refractivity contribution in [1.82, 2.24) is 4.72 Å². The molecule has 0 heterocycles. The zero-order valence-corrected chi connectivity index (χ0v) is 14.4. The predicted octanol–water partition coefficient (Wildman–Crippen LogP) is 2.46. The molecule has 4 atom stereocenters. The smallest absolute Gasteiger partial charge is 0.240 e. The maximum absolute atomic E-state index is 12.6. The fourth-order valence-electron chi connectivity index (χ4n) is 4.31. The first-order valence-corrected chi connectivity index (χ1v) is 9.35. The van der Waals surface area contributed by atoms with E-state index >= 15 is 0 Å². The van der Waals surface area contributed by atoms with Gasteiger partial charge in [-0.25, -0.2) is 13.1 Å². The Balaban J connectivity index is 1.83. The Morgan fingerprint density at radius 2 is 1.73 bits per heavy atom. The second-order valence-corrected chi connectivity index (χ2v) is 9.47. The molecular weight excluding hydrogens is 298 g/mol. The fraction of sp³-hybridized carbons (Fsp3) is 0.647. The summed E-state index contributed by atoms with van der Waals surface area (Å²) in [5.41, 5.74) is 0.109. The number of rotatable bonds is 3. The molecule has 3 aliphatic carbocycles. The van der Waals surface area contributed by atoms with Crippen LogP contribution in [0.15, 0.2) is 29.2 Å². The highest BCUT2D eigenvalue weighted by Gasteiger charge is 2.63. The van der Waals surface area contributed by atoms with Crippen LogP contribution in [-0.4, -0.2) is 25.2 Å². The molecule has 0 aliphatic heterocycles. The van der Waals surface area contributed by atoms with Crippen molar-refractivity contribution in [3.05, 3.63) is 29.8 Å². The molecule has 4 rings (SSSR count). The van der Waals surface area contributed by atoms with Crippen molar-refractivity contribution in [3.63, 3.8) is 0 Å². The zero-order chi connectivity index (χ0) is 16.3. The topological polar surface area (TPSA) is 66.4 Å². The summed E-state index contributed by atoms with van der Waals surface area (Å²) in [5, 5.41) is 10.9. The van der Waals surface area contributed by atoms with E-state index in [2.05, 4.69) is 18.6 Å². The number of aryl methyl sites for hydroxylation is 1. The fourth-order valence-corrected chi connectivity index (χ4v) is 5.65. The molecule has 3 saturated carbocycles. The first-order valence-electron chi connectivity index (χ1n) is 7.86. The molecular formula is C17H25NO3S. The summed E-state index contributed by atoms with van der Waals surface area (Å²) in [6.45, 7) is 8.04. The Bertz CT molecular complexity index is 676. The molecule has 1 aromatic carbocycles. The van der Waals surface area contributed by atoms with Crippen LogP contribution >= 0.6 is 0 Å². The number of benzene rings is 1. The third-order valence-electron chi connectivity index (χ3n) is 6.03. The van der Waals surface area contributed by atoms with Gasteiger partial charge in [0.05, 0.1) is 16.5 Å². The van der Waals surface area contributed by atoms with Gasteiger partial charge in [0.15, 0.2) is 0 Å². The Morgan fingerprint density at radius 3 is 2.23 bits per heavy atom. The summed E-state index contributed by atoms with van der Waals surface area (Å²) >= 11 is 0. The molecule has 0 spiro atoms. The monoisotopic (exact) mass is 323 g/mol. The quantitative estimate of drug-likeness (QED) is 0.898. The number of hydrogen-bond donors (Lipinski definition) is 2. The molecule has 4 nitrogen and oxygen atoms in total. The van der Waals surface area contributed by atoms with Gasteiger partial charge in [-0.15, -0.1) is 0 Å². The highest BCUT2D eigenvalue weighted by atomic mass is 32.2. The Hall–Kier alpha value is -0.910. The molecule has 0 aromatic heterocycles. The van der Waals surface area contributed by atoms with E-state index in [1.165, 1.54) is 0 Å². The van der Waals surface area contributed by atoms with Crippen LogP contribution in [0.1, 0.15) is 39.2 Å². The SMILES string of the molecule is Cc1ccc(S(=O)(=O)N[C@@H]2C[C@@H]3C[C@@H](C3(C)C)[C@]2(C)O)cc1. The van der Waals surface area contributed by atoms with Crippen molar-refractivity contribution in [2.24, 2.45) is 17.3 Å². The van der Waals surface area contributed by atoms with Crippen LogP contribution < -0.4 is 4.72 Å². The van der Waals surface area contributed by atoms with E-state index < -0.39 is 21.7 Å². The number of hydrogen-bond acceptors (Lipinski definition) is 3. The highest BCUT2D eigenvalue weighted by Crippen LogP contribution is 2.62. The lowest BCUT2D eigenvalue weighted by Crippen LogP contribution is -2.70. The molecule has 3 fully saturated rings. The Labute approximate surface area is 133 Å². The lowest BCUT2D eigenvalue weighted by atomic mass is 9.43. The molecule has 5 heteroatoms. The normalized spacial score (nSPS) is 36.7. The van der Waals surface area contributed by atoms with Gasteiger partial charge in [-0.2, -0.15) is 0 Å². The van der Waals surface area contributed by atoms with E-state index in [0.717, 1.165) is 12.0 Å². The van der Waals surface area contributed by atoms with E-state index in [9.17, 15) is 13.5 Å². The van der Waals surface area contributed by atoms with Gasteiger partial charge in [-0.3, -0.25) is 0 Å². The van der Waals surface area contributed by atoms with Gasteiger partial charge in [-0.1, -0.05) is 31.5 Å². The molecule has 1 aromatic rings. The van der Waals surface area contributed by atoms with Crippen molar-refractivity contribution in [2.45, 2.75) is 57.1 Å². The first-order chi connectivity index (χ1) is 10.0. The summed E-state index contributed by atoms with van der Waals surface area (Å²) in [7, 11) is -3.60. The molecule has 2 N–H and O–H groups in total. The van der Waals surface area contributed by atoms with Crippen molar-refractivity contribution >= 4 is 10.0 Å². The maximum Gasteiger partial charge on any atom is 0.240 e. The molecule has 0 amide bonds. The van der Waals surface area contributed by atoms with E-state index in [0.29, 0.717) is 12.3 Å². The van der Waals surface area contributed by atoms with Gasteiger partial charge in [0, 0.05) is 0 Å².